The maximum absolute atomic E-state index is 12.5. The largest absolute Gasteiger partial charge is 0.494 e. The number of carboxylic acids is 2. The Morgan fingerprint density at radius 3 is 1.91 bits per heavy atom. The van der Waals surface area contributed by atoms with E-state index in [-0.39, 0.29) is 5.78 Å². The van der Waals surface area contributed by atoms with E-state index < -0.39 is 11.9 Å². The number of nitrogens with zero attached hydrogens (tertiary/aromatic N) is 1. The first-order chi connectivity index (χ1) is 16.7. The maximum atomic E-state index is 12.5. The molecule has 8 heteroatoms. The van der Waals surface area contributed by atoms with Crippen molar-refractivity contribution in [3.8, 4) is 5.75 Å². The maximum Gasteiger partial charge on any atom is 0.328 e. The first-order valence-corrected chi connectivity index (χ1v) is 12.0. The predicted molar refractivity (Wildman–Crippen MR) is 140 cm³/mol. The van der Waals surface area contributed by atoms with Crippen LogP contribution in [0.3, 0.4) is 0 Å². The van der Waals surface area contributed by atoms with E-state index in [0.717, 1.165) is 29.7 Å². The van der Waals surface area contributed by atoms with E-state index in [4.69, 9.17) is 14.9 Å². The number of halogens is 1. The van der Waals surface area contributed by atoms with Crippen molar-refractivity contribution in [3.05, 3.63) is 88.9 Å². The van der Waals surface area contributed by atoms with Crippen molar-refractivity contribution in [2.45, 2.75) is 25.7 Å². The van der Waals surface area contributed by atoms with Crippen molar-refractivity contribution >= 4 is 33.7 Å². The molecule has 0 bridgehead atoms. The highest BCUT2D eigenvalue weighted by Gasteiger charge is 2.09. The van der Waals surface area contributed by atoms with Crippen molar-refractivity contribution in [2.24, 2.45) is 0 Å². The van der Waals surface area contributed by atoms with Gasteiger partial charge in [0.05, 0.1) is 6.61 Å². The van der Waals surface area contributed by atoms with Gasteiger partial charge in [0, 0.05) is 34.3 Å². The second kappa shape index (κ2) is 17.2. The molecule has 7 nitrogen and oxygen atoms in total. The van der Waals surface area contributed by atoms with E-state index in [9.17, 15) is 14.4 Å². The summed E-state index contributed by atoms with van der Waals surface area (Å²) < 4.78 is 6.75. The van der Waals surface area contributed by atoms with E-state index in [1.54, 1.807) is 0 Å². The van der Waals surface area contributed by atoms with Crippen molar-refractivity contribution in [1.82, 2.24) is 4.90 Å². The van der Waals surface area contributed by atoms with Gasteiger partial charge in [-0.25, -0.2) is 9.59 Å². The van der Waals surface area contributed by atoms with E-state index in [1.165, 1.54) is 19.3 Å². The molecule has 2 aromatic carbocycles. The van der Waals surface area contributed by atoms with Gasteiger partial charge in [-0.2, -0.15) is 0 Å². The van der Waals surface area contributed by atoms with Crippen molar-refractivity contribution < 1.29 is 29.3 Å². The average Bonchev–Trinajstić information content (AvgIpc) is 2.83. The van der Waals surface area contributed by atoms with E-state index >= 15 is 0 Å². The van der Waals surface area contributed by atoms with Gasteiger partial charge >= 0.3 is 11.9 Å². The van der Waals surface area contributed by atoms with E-state index in [2.05, 4.69) is 34.5 Å². The number of hydrogen-bond donors (Lipinski definition) is 2. The van der Waals surface area contributed by atoms with Crippen LogP contribution in [0.25, 0.3) is 0 Å². The second-order valence-corrected chi connectivity index (χ2v) is 8.60. The van der Waals surface area contributed by atoms with E-state index in [1.807, 2.05) is 54.6 Å². The number of rotatable bonds is 14. The average molecular weight is 546 g/mol. The highest BCUT2D eigenvalue weighted by atomic mass is 79.9. The third-order valence-electron chi connectivity index (χ3n) is 4.74. The van der Waals surface area contributed by atoms with Crippen LogP contribution in [0.5, 0.6) is 5.75 Å². The molecule has 35 heavy (non-hydrogen) atoms. The minimum absolute atomic E-state index is 0.0236. The molecule has 0 aliphatic rings. The Hall–Kier alpha value is -3.23. The molecule has 0 aromatic heterocycles. The normalized spacial score (nSPS) is 10.5. The minimum atomic E-state index is -1.26. The number of carboxylic acid groups (broad SMARTS) is 2. The Balaban J connectivity index is 0.000000658. The zero-order valence-corrected chi connectivity index (χ0v) is 21.4. The van der Waals surface area contributed by atoms with Crippen LogP contribution in [0.15, 0.2) is 77.8 Å². The number of ether oxygens (including phenoxy) is 1. The molecule has 0 spiro atoms. The molecule has 188 valence electrons. The zero-order valence-electron chi connectivity index (χ0n) is 19.9. The molecule has 0 saturated carbocycles. The molecule has 0 fully saturated rings. The summed E-state index contributed by atoms with van der Waals surface area (Å²) in [6, 6.07) is 14.8. The van der Waals surface area contributed by atoms with Gasteiger partial charge in [-0.1, -0.05) is 34.8 Å². The Bertz CT molecular complexity index is 954. The summed E-state index contributed by atoms with van der Waals surface area (Å²) in [4.78, 5) is 33.8. The molecular weight excluding hydrogens is 514 g/mol. The van der Waals surface area contributed by atoms with Crippen LogP contribution in [0.4, 0.5) is 0 Å². The molecule has 0 aliphatic carbocycles. The molecule has 2 rings (SSSR count). The predicted octanol–water partition coefficient (Wildman–Crippen LogP) is 5.45. The number of carbonyl (C=O) groups is 3. The SMILES string of the molecule is C=CCN(C)CCCCCCOc1ccc(C(=O)c2ccc(Br)cc2)cc1.O=C(O)/C=C/C(=O)O. The lowest BCUT2D eigenvalue weighted by molar-refractivity contribution is -0.134. The number of hydrogen-bond acceptors (Lipinski definition) is 5. The van der Waals surface area contributed by atoms with Crippen LogP contribution in [-0.2, 0) is 9.59 Å². The van der Waals surface area contributed by atoms with Crippen molar-refractivity contribution in [3.63, 3.8) is 0 Å². The summed E-state index contributed by atoms with van der Waals surface area (Å²) in [7, 11) is 2.12. The quantitative estimate of drug-likeness (QED) is 0.141. The molecule has 2 N–H and O–H groups in total. The minimum Gasteiger partial charge on any atom is -0.494 e. The number of likely N-dealkylation sites (N-methyl/N-ethyl adjacent to an activating group) is 1. The third-order valence-corrected chi connectivity index (χ3v) is 5.26. The van der Waals surface area contributed by atoms with Gasteiger partial charge in [0.1, 0.15) is 5.75 Å². The Labute approximate surface area is 214 Å². The molecule has 0 unspecified atom stereocenters. The molecule has 0 heterocycles. The lowest BCUT2D eigenvalue weighted by atomic mass is 10.0. The Morgan fingerprint density at radius 1 is 0.886 bits per heavy atom. The first-order valence-electron chi connectivity index (χ1n) is 11.2. The molecule has 0 radical (unpaired) electrons. The van der Waals surface area contributed by atoms with Crippen LogP contribution >= 0.6 is 15.9 Å². The number of aliphatic carboxylic acids is 2. The van der Waals surface area contributed by atoms with Gasteiger partial charge in [0.15, 0.2) is 5.78 Å². The standard InChI is InChI=1S/C23H28BrNO2.C4H4O4/c1-3-16-25(2)17-6-4-5-7-18-27-22-14-10-20(11-15-22)23(26)19-8-12-21(24)13-9-19;5-3(6)1-2-4(7)8/h3,8-15H,1,4-7,16-18H2,2H3;1-2H,(H,5,6)(H,7,8)/b;2-1+. The summed E-state index contributed by atoms with van der Waals surface area (Å²) in [5, 5.41) is 15.6. The van der Waals surface area contributed by atoms with Gasteiger partial charge < -0.3 is 19.8 Å². The number of carbonyl (C=O) groups excluding carboxylic acids is 1. The smallest absolute Gasteiger partial charge is 0.328 e. The van der Waals surface area contributed by atoms with Crippen molar-refractivity contribution in [2.75, 3.05) is 26.7 Å². The molecular formula is C27H32BrNO6. The topological polar surface area (TPSA) is 104 Å². The first kappa shape index (κ1) is 29.8. The third kappa shape index (κ3) is 13.9. The van der Waals surface area contributed by atoms with E-state index in [0.29, 0.717) is 29.9 Å². The fourth-order valence-electron chi connectivity index (χ4n) is 2.95. The van der Waals surface area contributed by atoms with Gasteiger partial charge in [-0.15, -0.1) is 6.58 Å². The number of benzene rings is 2. The highest BCUT2D eigenvalue weighted by molar-refractivity contribution is 9.10. The van der Waals surface area contributed by atoms with Crippen LogP contribution in [0.1, 0.15) is 41.6 Å². The lowest BCUT2D eigenvalue weighted by Crippen LogP contribution is -2.19. The fourth-order valence-corrected chi connectivity index (χ4v) is 3.22. The fraction of sp³-hybridized carbons (Fsp3) is 0.296. The van der Waals surface area contributed by atoms with Gasteiger partial charge in [-0.05, 0) is 75.0 Å². The second-order valence-electron chi connectivity index (χ2n) is 7.68. The summed E-state index contributed by atoms with van der Waals surface area (Å²) >= 11 is 3.38. The van der Waals surface area contributed by atoms with Gasteiger partial charge in [0.2, 0.25) is 0 Å². The monoisotopic (exact) mass is 545 g/mol. The Morgan fingerprint density at radius 2 is 1.40 bits per heavy atom. The zero-order chi connectivity index (χ0) is 26.1. The molecule has 0 atom stereocenters. The van der Waals surface area contributed by atoms with Gasteiger partial charge in [-0.3, -0.25) is 4.79 Å². The van der Waals surface area contributed by atoms with Crippen LogP contribution in [0.2, 0.25) is 0 Å². The summed E-state index contributed by atoms with van der Waals surface area (Å²) in [5.41, 5.74) is 1.36. The van der Waals surface area contributed by atoms with Crippen LogP contribution < -0.4 is 4.74 Å². The molecule has 0 aliphatic heterocycles. The van der Waals surface area contributed by atoms with Crippen LogP contribution in [-0.4, -0.2) is 59.6 Å². The van der Waals surface area contributed by atoms with Crippen molar-refractivity contribution in [1.29, 1.82) is 0 Å². The number of ketones is 1. The lowest BCUT2D eigenvalue weighted by Gasteiger charge is -2.13. The molecule has 0 amide bonds. The Kier molecular flexibility index (Phi) is 14.7. The molecule has 0 saturated heterocycles. The summed E-state index contributed by atoms with van der Waals surface area (Å²) in [5.74, 6) is -1.68. The highest BCUT2D eigenvalue weighted by Crippen LogP contribution is 2.18. The van der Waals surface area contributed by atoms with Crippen LogP contribution in [0, 0.1) is 0 Å². The van der Waals surface area contributed by atoms with Gasteiger partial charge in [0.25, 0.3) is 0 Å². The summed E-state index contributed by atoms with van der Waals surface area (Å²) in [6.07, 6.45) is 7.69. The summed E-state index contributed by atoms with van der Waals surface area (Å²) in [6.45, 7) is 6.52. The molecule has 2 aromatic rings. The number of unbranched alkanes of at least 4 members (excludes halogenated alkanes) is 3.